The molecular formula is C12H17N3O5. The highest BCUT2D eigenvalue weighted by atomic mass is 16.6. The van der Waals surface area contributed by atoms with Gasteiger partial charge in [0.05, 0.1) is 7.05 Å². The van der Waals surface area contributed by atoms with Crippen molar-refractivity contribution in [2.75, 3.05) is 0 Å². The lowest BCUT2D eigenvalue weighted by Crippen LogP contribution is -2.49. The number of carbonyl (C=O) groups is 2. The normalized spacial score (nSPS) is 12.8. The molecule has 0 radical (unpaired) electrons. The summed E-state index contributed by atoms with van der Waals surface area (Å²) in [7, 11) is 1.37. The molecule has 1 rings (SSSR count). The maximum Gasteiger partial charge on any atom is 0.326 e. The van der Waals surface area contributed by atoms with Crippen molar-refractivity contribution in [2.24, 2.45) is 12.5 Å². The molecule has 0 bridgehead atoms. The summed E-state index contributed by atoms with van der Waals surface area (Å²) >= 11 is 0. The molecule has 0 spiro atoms. The predicted octanol–water partition coefficient (Wildman–Crippen LogP) is 1.16. The van der Waals surface area contributed by atoms with E-state index in [0.717, 1.165) is 4.57 Å². The minimum absolute atomic E-state index is 0.0344. The Hall–Kier alpha value is -2.38. The number of carboxylic acid groups (broad SMARTS) is 1. The molecule has 1 aromatic rings. The van der Waals surface area contributed by atoms with Crippen molar-refractivity contribution < 1.29 is 19.6 Å². The van der Waals surface area contributed by atoms with Gasteiger partial charge in [-0.3, -0.25) is 4.79 Å². The van der Waals surface area contributed by atoms with Gasteiger partial charge in [-0.1, -0.05) is 20.8 Å². The predicted molar refractivity (Wildman–Crippen MR) is 70.4 cm³/mol. The van der Waals surface area contributed by atoms with Crippen molar-refractivity contribution in [3.8, 4) is 0 Å². The Balaban J connectivity index is 3.02. The molecule has 1 amide bonds. The molecule has 0 aliphatic heterocycles. The minimum atomic E-state index is -1.16. The van der Waals surface area contributed by atoms with Crippen molar-refractivity contribution in [2.45, 2.75) is 26.8 Å². The summed E-state index contributed by atoms with van der Waals surface area (Å²) in [5.41, 5.74) is -0.648. The van der Waals surface area contributed by atoms with Crippen LogP contribution in [0.4, 0.5) is 5.82 Å². The molecule has 0 saturated carbocycles. The minimum Gasteiger partial charge on any atom is -0.480 e. The van der Waals surface area contributed by atoms with Crippen molar-refractivity contribution in [3.05, 3.63) is 27.9 Å². The zero-order chi connectivity index (χ0) is 15.7. The van der Waals surface area contributed by atoms with Gasteiger partial charge >= 0.3 is 11.8 Å². The van der Waals surface area contributed by atoms with Gasteiger partial charge in [0.25, 0.3) is 5.91 Å². The average molecular weight is 283 g/mol. The van der Waals surface area contributed by atoms with E-state index in [1.807, 2.05) is 0 Å². The molecule has 1 aromatic heterocycles. The SMILES string of the molecule is Cn1c(C(=O)NC(C(=O)O)C(C)(C)C)ccc1[N+](=O)[O-]. The van der Waals surface area contributed by atoms with E-state index < -0.39 is 28.3 Å². The lowest BCUT2D eigenvalue weighted by molar-refractivity contribution is -0.391. The first-order valence-electron chi connectivity index (χ1n) is 5.89. The number of amides is 1. The molecule has 0 fully saturated rings. The summed E-state index contributed by atoms with van der Waals surface area (Å²) < 4.78 is 1.11. The Morgan fingerprint density at radius 1 is 1.40 bits per heavy atom. The number of nitrogens with zero attached hydrogens (tertiary/aromatic N) is 2. The zero-order valence-corrected chi connectivity index (χ0v) is 11.7. The lowest BCUT2D eigenvalue weighted by Gasteiger charge is -2.27. The Kier molecular flexibility index (Phi) is 4.17. The Morgan fingerprint density at radius 3 is 2.30 bits per heavy atom. The van der Waals surface area contributed by atoms with E-state index in [1.54, 1.807) is 20.8 Å². The molecule has 0 aliphatic rings. The number of hydrogen-bond acceptors (Lipinski definition) is 4. The lowest BCUT2D eigenvalue weighted by atomic mass is 9.86. The van der Waals surface area contributed by atoms with E-state index in [2.05, 4.69) is 5.32 Å². The van der Waals surface area contributed by atoms with Crippen LogP contribution >= 0.6 is 0 Å². The first-order valence-corrected chi connectivity index (χ1v) is 5.89. The molecule has 1 unspecified atom stereocenters. The molecule has 2 N–H and O–H groups in total. The largest absolute Gasteiger partial charge is 0.480 e. The second kappa shape index (κ2) is 5.32. The monoisotopic (exact) mass is 283 g/mol. The summed E-state index contributed by atoms with van der Waals surface area (Å²) in [6.45, 7) is 5.04. The fourth-order valence-corrected chi connectivity index (χ4v) is 1.77. The zero-order valence-electron chi connectivity index (χ0n) is 11.7. The third-order valence-corrected chi connectivity index (χ3v) is 2.90. The van der Waals surface area contributed by atoms with Crippen molar-refractivity contribution in [1.82, 2.24) is 9.88 Å². The highest BCUT2D eigenvalue weighted by molar-refractivity contribution is 5.96. The summed E-state index contributed by atoms with van der Waals surface area (Å²) in [5.74, 6) is -2.06. The standard InChI is InChI=1S/C12H17N3O5/c1-12(2,3)9(11(17)18)13-10(16)7-5-6-8(14(7)4)15(19)20/h5-6,9H,1-4H3,(H,13,16)(H,17,18). The van der Waals surface area contributed by atoms with Crippen molar-refractivity contribution >= 4 is 17.7 Å². The second-order valence-electron chi connectivity index (χ2n) is 5.50. The smallest absolute Gasteiger partial charge is 0.326 e. The molecule has 0 aromatic carbocycles. The van der Waals surface area contributed by atoms with Crippen LogP contribution in [0.3, 0.4) is 0 Å². The van der Waals surface area contributed by atoms with Crippen LogP contribution < -0.4 is 5.32 Å². The summed E-state index contributed by atoms with van der Waals surface area (Å²) in [4.78, 5) is 33.3. The van der Waals surface area contributed by atoms with Crippen LogP contribution in [-0.4, -0.2) is 32.5 Å². The molecule has 0 saturated heterocycles. The van der Waals surface area contributed by atoms with Crippen LogP contribution in [0, 0.1) is 15.5 Å². The van der Waals surface area contributed by atoms with Gasteiger partial charge in [-0.2, -0.15) is 0 Å². The third-order valence-electron chi connectivity index (χ3n) is 2.90. The van der Waals surface area contributed by atoms with Crippen LogP contribution in [0.1, 0.15) is 31.3 Å². The number of hydrogen-bond donors (Lipinski definition) is 2. The van der Waals surface area contributed by atoms with Gasteiger partial charge < -0.3 is 20.5 Å². The van der Waals surface area contributed by atoms with Crippen LogP contribution in [0.25, 0.3) is 0 Å². The van der Waals surface area contributed by atoms with E-state index in [4.69, 9.17) is 5.11 Å². The molecule has 8 nitrogen and oxygen atoms in total. The fourth-order valence-electron chi connectivity index (χ4n) is 1.77. The van der Waals surface area contributed by atoms with Gasteiger partial charge in [0.2, 0.25) is 0 Å². The van der Waals surface area contributed by atoms with Gasteiger partial charge in [-0.15, -0.1) is 0 Å². The topological polar surface area (TPSA) is 114 Å². The van der Waals surface area contributed by atoms with E-state index >= 15 is 0 Å². The number of nitrogens with one attached hydrogen (secondary N) is 1. The summed E-state index contributed by atoms with van der Waals surface area (Å²) in [6.07, 6.45) is 0. The number of rotatable bonds is 4. The van der Waals surface area contributed by atoms with Crippen molar-refractivity contribution in [3.63, 3.8) is 0 Å². The van der Waals surface area contributed by atoms with E-state index in [0.29, 0.717) is 0 Å². The highest BCUT2D eigenvalue weighted by Crippen LogP contribution is 2.21. The van der Waals surface area contributed by atoms with Gasteiger partial charge in [0, 0.05) is 6.07 Å². The fraction of sp³-hybridized carbons (Fsp3) is 0.500. The Morgan fingerprint density at radius 2 is 1.95 bits per heavy atom. The number of aromatic nitrogens is 1. The molecular weight excluding hydrogens is 266 g/mol. The average Bonchev–Trinajstić information content (AvgIpc) is 2.65. The molecule has 1 heterocycles. The van der Waals surface area contributed by atoms with Gasteiger partial charge in [0.15, 0.2) is 5.69 Å². The number of nitro groups is 1. The Labute approximate surface area is 115 Å². The van der Waals surface area contributed by atoms with Gasteiger partial charge in [-0.25, -0.2) is 9.36 Å². The molecule has 1 atom stereocenters. The van der Waals surface area contributed by atoms with Crippen LogP contribution in [0.5, 0.6) is 0 Å². The summed E-state index contributed by atoms with van der Waals surface area (Å²) in [6, 6.07) is 1.39. The van der Waals surface area contributed by atoms with E-state index in [-0.39, 0.29) is 11.5 Å². The third kappa shape index (κ3) is 3.14. The quantitative estimate of drug-likeness (QED) is 0.635. The first-order chi connectivity index (χ1) is 9.05. The Bertz CT molecular complexity index is 556. The van der Waals surface area contributed by atoms with Gasteiger partial charge in [0.1, 0.15) is 6.04 Å². The highest BCUT2D eigenvalue weighted by Gasteiger charge is 2.34. The molecule has 20 heavy (non-hydrogen) atoms. The summed E-state index contributed by atoms with van der Waals surface area (Å²) in [5, 5.41) is 22.2. The molecule has 0 aliphatic carbocycles. The maximum absolute atomic E-state index is 12.0. The number of carbonyl (C=O) groups excluding carboxylic acids is 1. The number of carboxylic acids is 1. The van der Waals surface area contributed by atoms with Crippen molar-refractivity contribution in [1.29, 1.82) is 0 Å². The van der Waals surface area contributed by atoms with Crippen LogP contribution in [-0.2, 0) is 11.8 Å². The maximum atomic E-state index is 12.0. The van der Waals surface area contributed by atoms with E-state index in [1.165, 1.54) is 19.2 Å². The second-order valence-corrected chi connectivity index (χ2v) is 5.50. The first kappa shape index (κ1) is 15.7. The van der Waals surface area contributed by atoms with Crippen LogP contribution in [0.2, 0.25) is 0 Å². The van der Waals surface area contributed by atoms with Crippen LogP contribution in [0.15, 0.2) is 12.1 Å². The number of aliphatic carboxylic acids is 1. The van der Waals surface area contributed by atoms with Gasteiger partial charge in [-0.05, 0) is 16.4 Å². The molecule has 8 heteroatoms. The van der Waals surface area contributed by atoms with E-state index in [9.17, 15) is 19.7 Å². The molecule has 110 valence electrons.